The van der Waals surface area contributed by atoms with E-state index < -0.39 is 0 Å². The van der Waals surface area contributed by atoms with E-state index >= 15 is 0 Å². The van der Waals surface area contributed by atoms with E-state index in [1.807, 2.05) is 31.2 Å². The fourth-order valence-corrected chi connectivity index (χ4v) is 3.76. The summed E-state index contributed by atoms with van der Waals surface area (Å²) in [5, 5.41) is 3.54. The molecule has 0 aliphatic carbocycles. The maximum absolute atomic E-state index is 12.1. The number of ether oxygens (including phenoxy) is 2. The number of rotatable bonds is 7. The van der Waals surface area contributed by atoms with Crippen LogP contribution in [0, 0.1) is 13.8 Å². The van der Waals surface area contributed by atoms with Crippen LogP contribution in [-0.2, 0) is 4.79 Å². The third kappa shape index (κ3) is 4.52. The second kappa shape index (κ2) is 8.19. The minimum atomic E-state index is -0.0447. The second-order valence-corrected chi connectivity index (χ2v) is 7.15. The van der Waals surface area contributed by atoms with Crippen molar-refractivity contribution < 1.29 is 14.3 Å². The number of amides is 1. The number of anilines is 1. The van der Waals surface area contributed by atoms with Crippen LogP contribution in [0.25, 0.3) is 10.2 Å². The monoisotopic (exact) mass is 370 g/mol. The Morgan fingerprint density at radius 3 is 2.62 bits per heavy atom. The minimum absolute atomic E-state index is 0.0447. The number of carbonyl (C=O) groups is 1. The lowest BCUT2D eigenvalue weighted by Gasteiger charge is -2.07. The van der Waals surface area contributed by atoms with E-state index in [9.17, 15) is 4.79 Å². The largest absolute Gasteiger partial charge is 0.497 e. The molecule has 2 aromatic carbocycles. The molecule has 0 aliphatic rings. The standard InChI is InChI=1S/C20H22N2O3S/c1-13-11-14(2)19-17(12-13)26-20(22-19)21-18(23)5-4-10-25-16-8-6-15(24-3)7-9-16/h6-9,11-12H,4-5,10H2,1-3H3,(H,21,22,23). The highest BCUT2D eigenvalue weighted by Gasteiger charge is 2.10. The summed E-state index contributed by atoms with van der Waals surface area (Å²) < 4.78 is 11.8. The summed E-state index contributed by atoms with van der Waals surface area (Å²) in [4.78, 5) is 16.6. The first-order valence-electron chi connectivity index (χ1n) is 8.49. The van der Waals surface area contributed by atoms with Crippen LogP contribution in [0.1, 0.15) is 24.0 Å². The van der Waals surface area contributed by atoms with E-state index in [1.54, 1.807) is 7.11 Å². The average molecular weight is 370 g/mol. The van der Waals surface area contributed by atoms with Crippen molar-refractivity contribution in [3.63, 3.8) is 0 Å². The molecule has 3 aromatic rings. The zero-order valence-corrected chi connectivity index (χ0v) is 16.0. The fourth-order valence-electron chi connectivity index (χ4n) is 2.70. The van der Waals surface area contributed by atoms with Gasteiger partial charge in [-0.2, -0.15) is 0 Å². The van der Waals surface area contributed by atoms with E-state index in [-0.39, 0.29) is 5.91 Å². The molecule has 3 rings (SSSR count). The maximum atomic E-state index is 12.1. The zero-order valence-electron chi connectivity index (χ0n) is 15.2. The number of fused-ring (bicyclic) bond motifs is 1. The van der Waals surface area contributed by atoms with Crippen molar-refractivity contribution in [2.45, 2.75) is 26.7 Å². The molecule has 1 aromatic heterocycles. The van der Waals surface area contributed by atoms with Gasteiger partial charge in [0.25, 0.3) is 0 Å². The summed E-state index contributed by atoms with van der Waals surface area (Å²) >= 11 is 1.51. The first kappa shape index (κ1) is 18.2. The number of aryl methyl sites for hydroxylation is 2. The third-order valence-corrected chi connectivity index (χ3v) is 4.87. The molecule has 0 atom stereocenters. The summed E-state index contributed by atoms with van der Waals surface area (Å²) in [7, 11) is 1.63. The number of benzene rings is 2. The van der Waals surface area contributed by atoms with Crippen molar-refractivity contribution in [1.29, 1.82) is 0 Å². The van der Waals surface area contributed by atoms with Crippen LogP contribution in [0.2, 0.25) is 0 Å². The number of thiazole rings is 1. The van der Waals surface area contributed by atoms with Crippen molar-refractivity contribution >= 4 is 32.6 Å². The molecular formula is C20H22N2O3S. The van der Waals surface area contributed by atoms with Crippen molar-refractivity contribution in [3.05, 3.63) is 47.5 Å². The summed E-state index contributed by atoms with van der Waals surface area (Å²) in [6.07, 6.45) is 1.03. The Hall–Kier alpha value is -2.60. The summed E-state index contributed by atoms with van der Waals surface area (Å²) in [6, 6.07) is 11.6. The molecule has 0 bridgehead atoms. The third-order valence-electron chi connectivity index (χ3n) is 3.95. The number of methoxy groups -OCH3 is 1. The first-order valence-corrected chi connectivity index (χ1v) is 9.31. The molecule has 0 unspecified atom stereocenters. The Kier molecular flexibility index (Phi) is 5.73. The smallest absolute Gasteiger partial charge is 0.226 e. The quantitative estimate of drug-likeness (QED) is 0.611. The van der Waals surface area contributed by atoms with Gasteiger partial charge in [0, 0.05) is 6.42 Å². The molecule has 0 spiro atoms. The van der Waals surface area contributed by atoms with E-state index in [0.29, 0.717) is 24.6 Å². The van der Waals surface area contributed by atoms with Gasteiger partial charge in [0.15, 0.2) is 5.13 Å². The fraction of sp³-hybridized carbons (Fsp3) is 0.300. The molecule has 1 amide bonds. The van der Waals surface area contributed by atoms with E-state index in [0.717, 1.165) is 27.3 Å². The topological polar surface area (TPSA) is 60.5 Å². The number of nitrogens with one attached hydrogen (secondary N) is 1. The van der Waals surface area contributed by atoms with Gasteiger partial charge in [0.1, 0.15) is 11.5 Å². The van der Waals surface area contributed by atoms with Crippen molar-refractivity contribution in [3.8, 4) is 11.5 Å². The van der Waals surface area contributed by atoms with Crippen LogP contribution in [0.15, 0.2) is 36.4 Å². The van der Waals surface area contributed by atoms with Gasteiger partial charge in [-0.25, -0.2) is 4.98 Å². The van der Waals surface area contributed by atoms with Crippen LogP contribution in [0.3, 0.4) is 0 Å². The first-order chi connectivity index (χ1) is 12.5. The Balaban J connectivity index is 1.47. The molecule has 0 aliphatic heterocycles. The number of hydrogen-bond donors (Lipinski definition) is 1. The van der Waals surface area contributed by atoms with Gasteiger partial charge < -0.3 is 14.8 Å². The maximum Gasteiger partial charge on any atom is 0.226 e. The average Bonchev–Trinajstić information content (AvgIpc) is 3.02. The molecule has 136 valence electrons. The highest BCUT2D eigenvalue weighted by Crippen LogP contribution is 2.29. The van der Waals surface area contributed by atoms with Crippen LogP contribution in [0.5, 0.6) is 11.5 Å². The van der Waals surface area contributed by atoms with Gasteiger partial charge in [-0.15, -0.1) is 0 Å². The predicted octanol–water partition coefficient (Wildman–Crippen LogP) is 4.72. The highest BCUT2D eigenvalue weighted by atomic mass is 32.1. The summed E-state index contributed by atoms with van der Waals surface area (Å²) in [5.74, 6) is 1.51. The molecule has 1 heterocycles. The Labute approximate surface area is 157 Å². The van der Waals surface area contributed by atoms with Gasteiger partial charge in [0.05, 0.1) is 23.9 Å². The number of aromatic nitrogens is 1. The second-order valence-electron chi connectivity index (χ2n) is 6.12. The van der Waals surface area contributed by atoms with E-state index in [4.69, 9.17) is 9.47 Å². The summed E-state index contributed by atoms with van der Waals surface area (Å²) in [6.45, 7) is 4.59. The molecule has 1 N–H and O–H groups in total. The van der Waals surface area contributed by atoms with Crippen molar-refractivity contribution in [1.82, 2.24) is 4.98 Å². The predicted molar refractivity (Wildman–Crippen MR) is 105 cm³/mol. The van der Waals surface area contributed by atoms with Gasteiger partial charge >= 0.3 is 0 Å². The normalized spacial score (nSPS) is 10.7. The van der Waals surface area contributed by atoms with Gasteiger partial charge in [0.2, 0.25) is 5.91 Å². The molecule has 0 radical (unpaired) electrons. The Morgan fingerprint density at radius 1 is 1.15 bits per heavy atom. The lowest BCUT2D eigenvalue weighted by Crippen LogP contribution is -2.12. The number of hydrogen-bond acceptors (Lipinski definition) is 5. The Bertz CT molecular complexity index is 903. The van der Waals surface area contributed by atoms with Crippen molar-refractivity contribution in [2.75, 3.05) is 19.0 Å². The molecule has 6 heteroatoms. The minimum Gasteiger partial charge on any atom is -0.497 e. The van der Waals surface area contributed by atoms with Crippen LogP contribution >= 0.6 is 11.3 Å². The zero-order chi connectivity index (χ0) is 18.5. The highest BCUT2D eigenvalue weighted by molar-refractivity contribution is 7.22. The Morgan fingerprint density at radius 2 is 1.88 bits per heavy atom. The van der Waals surface area contributed by atoms with Crippen LogP contribution < -0.4 is 14.8 Å². The van der Waals surface area contributed by atoms with Gasteiger partial charge in [-0.3, -0.25) is 4.79 Å². The SMILES string of the molecule is COc1ccc(OCCCC(=O)Nc2nc3c(C)cc(C)cc3s2)cc1. The van der Waals surface area contributed by atoms with E-state index in [1.165, 1.54) is 16.9 Å². The molecular weight excluding hydrogens is 348 g/mol. The van der Waals surface area contributed by atoms with Crippen molar-refractivity contribution in [2.24, 2.45) is 0 Å². The van der Waals surface area contributed by atoms with Crippen LogP contribution in [-0.4, -0.2) is 24.6 Å². The molecule has 26 heavy (non-hydrogen) atoms. The lowest BCUT2D eigenvalue weighted by molar-refractivity contribution is -0.116. The summed E-state index contributed by atoms with van der Waals surface area (Å²) in [5.41, 5.74) is 3.29. The molecule has 0 saturated heterocycles. The number of nitrogens with zero attached hydrogens (tertiary/aromatic N) is 1. The lowest BCUT2D eigenvalue weighted by atomic mass is 10.1. The number of carbonyl (C=O) groups excluding carboxylic acids is 1. The molecule has 5 nitrogen and oxygen atoms in total. The van der Waals surface area contributed by atoms with E-state index in [2.05, 4.69) is 29.4 Å². The molecule has 0 saturated carbocycles. The van der Waals surface area contributed by atoms with Gasteiger partial charge in [-0.1, -0.05) is 17.4 Å². The molecule has 0 fully saturated rings. The van der Waals surface area contributed by atoms with Gasteiger partial charge in [-0.05, 0) is 61.7 Å². The van der Waals surface area contributed by atoms with Crippen LogP contribution in [0.4, 0.5) is 5.13 Å².